The van der Waals surface area contributed by atoms with Crippen LogP contribution in [0.5, 0.6) is 0 Å². The number of carboxylic acid groups (broad SMARTS) is 1. The Balaban J connectivity index is 2.25. The first-order valence-corrected chi connectivity index (χ1v) is 4.88. The zero-order valence-electron chi connectivity index (χ0n) is 7.45. The second kappa shape index (κ2) is 5.25. The molecule has 4 heteroatoms. The molecule has 0 aliphatic heterocycles. The quantitative estimate of drug-likeness (QED) is 0.714. The van der Waals surface area contributed by atoms with Crippen molar-refractivity contribution in [1.82, 2.24) is 4.90 Å². The van der Waals surface area contributed by atoms with Crippen molar-refractivity contribution in [2.75, 3.05) is 13.1 Å². The van der Waals surface area contributed by atoms with E-state index in [-0.39, 0.29) is 6.42 Å². The zero-order chi connectivity index (χ0) is 9.68. The van der Waals surface area contributed by atoms with Gasteiger partial charge in [0.05, 0.1) is 6.42 Å². The molecule has 0 aromatic heterocycles. The molecule has 1 rings (SSSR count). The molecule has 0 amide bonds. The maximum atomic E-state index is 10.3. The molecule has 0 aromatic carbocycles. The lowest BCUT2D eigenvalue weighted by molar-refractivity contribution is -0.137. The molecule has 3 nitrogen and oxygen atoms in total. The van der Waals surface area contributed by atoms with E-state index >= 15 is 0 Å². The fourth-order valence-corrected chi connectivity index (χ4v) is 1.36. The van der Waals surface area contributed by atoms with E-state index in [9.17, 15) is 4.79 Å². The van der Waals surface area contributed by atoms with Gasteiger partial charge >= 0.3 is 5.97 Å². The molecule has 0 bridgehead atoms. The molecule has 13 heavy (non-hydrogen) atoms. The Morgan fingerprint density at radius 2 is 2.31 bits per heavy atom. The van der Waals surface area contributed by atoms with E-state index in [0.29, 0.717) is 12.6 Å². The standard InChI is InChI=1S/C9H14ClNO2/c10-5-1-6-11(8-2-3-8)7-4-9(12)13/h1,5,8H,2-4,6-7H2,(H,12,13)/b5-1+. The minimum Gasteiger partial charge on any atom is -0.481 e. The first-order chi connectivity index (χ1) is 6.24. The lowest BCUT2D eigenvalue weighted by Crippen LogP contribution is -2.28. The van der Waals surface area contributed by atoms with E-state index in [0.717, 1.165) is 6.54 Å². The van der Waals surface area contributed by atoms with Crippen LogP contribution in [0, 0.1) is 0 Å². The van der Waals surface area contributed by atoms with Crippen LogP contribution < -0.4 is 0 Å². The highest BCUT2D eigenvalue weighted by atomic mass is 35.5. The summed E-state index contributed by atoms with van der Waals surface area (Å²) in [6.45, 7) is 1.39. The Hall–Kier alpha value is -0.540. The Kier molecular flexibility index (Phi) is 4.25. The lowest BCUT2D eigenvalue weighted by atomic mass is 10.3. The van der Waals surface area contributed by atoms with E-state index in [1.54, 1.807) is 0 Å². The van der Waals surface area contributed by atoms with Gasteiger partial charge in [0.25, 0.3) is 0 Å². The third kappa shape index (κ3) is 4.29. The normalized spacial score (nSPS) is 17.1. The predicted molar refractivity (Wildman–Crippen MR) is 51.8 cm³/mol. The lowest BCUT2D eigenvalue weighted by Gasteiger charge is -2.18. The van der Waals surface area contributed by atoms with E-state index in [2.05, 4.69) is 4.90 Å². The van der Waals surface area contributed by atoms with Gasteiger partial charge in [-0.1, -0.05) is 17.7 Å². The Morgan fingerprint density at radius 1 is 1.62 bits per heavy atom. The molecule has 0 saturated heterocycles. The fourth-order valence-electron chi connectivity index (χ4n) is 1.28. The SMILES string of the molecule is O=C(O)CCN(C/C=C/Cl)C1CC1. The molecule has 0 atom stereocenters. The number of hydrogen-bond acceptors (Lipinski definition) is 2. The molecule has 1 aliphatic carbocycles. The summed E-state index contributed by atoms with van der Waals surface area (Å²) < 4.78 is 0. The average molecular weight is 204 g/mol. The van der Waals surface area contributed by atoms with Gasteiger partial charge < -0.3 is 5.11 Å². The van der Waals surface area contributed by atoms with E-state index in [4.69, 9.17) is 16.7 Å². The van der Waals surface area contributed by atoms with E-state index in [1.807, 2.05) is 6.08 Å². The van der Waals surface area contributed by atoms with E-state index < -0.39 is 5.97 Å². The Bertz CT molecular complexity index is 202. The fraction of sp³-hybridized carbons (Fsp3) is 0.667. The number of carboxylic acids is 1. The first-order valence-electron chi connectivity index (χ1n) is 4.45. The van der Waals surface area contributed by atoms with Crippen molar-refractivity contribution in [3.8, 4) is 0 Å². The summed E-state index contributed by atoms with van der Waals surface area (Å²) in [5.41, 5.74) is 1.48. The summed E-state index contributed by atoms with van der Waals surface area (Å²) in [5, 5.41) is 8.52. The van der Waals surface area contributed by atoms with Crippen LogP contribution in [0.3, 0.4) is 0 Å². The topological polar surface area (TPSA) is 40.5 Å². The highest BCUT2D eigenvalue weighted by molar-refractivity contribution is 6.25. The number of aliphatic carboxylic acids is 1. The number of rotatable bonds is 6. The van der Waals surface area contributed by atoms with Crippen LogP contribution >= 0.6 is 11.6 Å². The Labute approximate surface area is 83.0 Å². The third-order valence-electron chi connectivity index (χ3n) is 2.11. The molecule has 1 aliphatic rings. The predicted octanol–water partition coefficient (Wildman–Crippen LogP) is 1.68. The summed E-state index contributed by atoms with van der Waals surface area (Å²) in [5.74, 6) is -0.736. The summed E-state index contributed by atoms with van der Waals surface area (Å²) in [6, 6.07) is 0.590. The highest BCUT2D eigenvalue weighted by Gasteiger charge is 2.27. The second-order valence-electron chi connectivity index (χ2n) is 3.23. The smallest absolute Gasteiger partial charge is 0.304 e. The third-order valence-corrected chi connectivity index (χ3v) is 2.28. The number of nitrogens with zero attached hydrogens (tertiary/aromatic N) is 1. The van der Waals surface area contributed by atoms with Gasteiger partial charge in [0.1, 0.15) is 0 Å². The van der Waals surface area contributed by atoms with Crippen molar-refractivity contribution >= 4 is 17.6 Å². The second-order valence-corrected chi connectivity index (χ2v) is 3.48. The van der Waals surface area contributed by atoms with Gasteiger partial charge in [-0.25, -0.2) is 0 Å². The van der Waals surface area contributed by atoms with Crippen LogP contribution in [-0.2, 0) is 4.79 Å². The largest absolute Gasteiger partial charge is 0.481 e. The van der Waals surface area contributed by atoms with Crippen molar-refractivity contribution in [2.45, 2.75) is 25.3 Å². The number of halogens is 1. The van der Waals surface area contributed by atoms with Crippen molar-refractivity contribution in [2.24, 2.45) is 0 Å². The average Bonchev–Trinajstić information content (AvgIpc) is 2.87. The van der Waals surface area contributed by atoms with Crippen LogP contribution in [0.15, 0.2) is 11.6 Å². The van der Waals surface area contributed by atoms with Gasteiger partial charge in [0.15, 0.2) is 0 Å². The van der Waals surface area contributed by atoms with Gasteiger partial charge in [-0.3, -0.25) is 9.69 Å². The summed E-state index contributed by atoms with van der Waals surface area (Å²) >= 11 is 5.41. The molecule has 1 fully saturated rings. The van der Waals surface area contributed by atoms with Crippen LogP contribution in [-0.4, -0.2) is 35.1 Å². The van der Waals surface area contributed by atoms with Crippen molar-refractivity contribution < 1.29 is 9.90 Å². The van der Waals surface area contributed by atoms with Gasteiger partial charge in [0, 0.05) is 24.7 Å². The van der Waals surface area contributed by atoms with Crippen LogP contribution in [0.2, 0.25) is 0 Å². The highest BCUT2D eigenvalue weighted by Crippen LogP contribution is 2.26. The van der Waals surface area contributed by atoms with Crippen molar-refractivity contribution in [1.29, 1.82) is 0 Å². The maximum Gasteiger partial charge on any atom is 0.304 e. The maximum absolute atomic E-state index is 10.3. The van der Waals surface area contributed by atoms with Gasteiger partial charge in [0.2, 0.25) is 0 Å². The summed E-state index contributed by atoms with van der Waals surface area (Å²) in [6.07, 6.45) is 4.44. The minimum absolute atomic E-state index is 0.215. The molecule has 0 radical (unpaired) electrons. The monoisotopic (exact) mass is 203 g/mol. The van der Waals surface area contributed by atoms with Crippen LogP contribution in [0.4, 0.5) is 0 Å². The number of hydrogen-bond donors (Lipinski definition) is 1. The Morgan fingerprint density at radius 3 is 2.77 bits per heavy atom. The molecular weight excluding hydrogens is 190 g/mol. The summed E-state index contributed by atoms with van der Waals surface area (Å²) in [4.78, 5) is 12.5. The number of carbonyl (C=O) groups is 1. The van der Waals surface area contributed by atoms with Crippen molar-refractivity contribution in [3.05, 3.63) is 11.6 Å². The molecule has 0 spiro atoms. The molecule has 74 valence electrons. The summed E-state index contributed by atoms with van der Waals surface area (Å²) in [7, 11) is 0. The molecule has 0 aromatic rings. The zero-order valence-corrected chi connectivity index (χ0v) is 8.20. The molecule has 0 unspecified atom stereocenters. The molecule has 1 N–H and O–H groups in total. The van der Waals surface area contributed by atoms with E-state index in [1.165, 1.54) is 18.4 Å². The minimum atomic E-state index is -0.736. The van der Waals surface area contributed by atoms with Crippen LogP contribution in [0.1, 0.15) is 19.3 Å². The van der Waals surface area contributed by atoms with Crippen molar-refractivity contribution in [3.63, 3.8) is 0 Å². The van der Waals surface area contributed by atoms with Gasteiger partial charge in [-0.15, -0.1) is 0 Å². The molecule has 0 heterocycles. The van der Waals surface area contributed by atoms with Gasteiger partial charge in [-0.05, 0) is 12.8 Å². The molecule has 1 saturated carbocycles. The molecular formula is C9H14ClNO2. The first kappa shape index (κ1) is 10.5. The van der Waals surface area contributed by atoms with Gasteiger partial charge in [-0.2, -0.15) is 0 Å². The van der Waals surface area contributed by atoms with Crippen LogP contribution in [0.25, 0.3) is 0 Å².